The maximum Gasteiger partial charge on any atom is 0.238 e. The zero-order valence-electron chi connectivity index (χ0n) is 11.1. The first-order chi connectivity index (χ1) is 8.66. The molecule has 1 amide bonds. The zero-order valence-corrected chi connectivity index (χ0v) is 11.1. The second-order valence-electron chi connectivity index (χ2n) is 5.59. The van der Waals surface area contributed by atoms with Crippen LogP contribution in [0, 0.1) is 0 Å². The van der Waals surface area contributed by atoms with Crippen LogP contribution < -0.4 is 16.0 Å². The highest BCUT2D eigenvalue weighted by molar-refractivity contribution is 5.82. The SMILES string of the molecule is CC1CNC(C(=O)NC2CCCCCC2O)CN1. The quantitative estimate of drug-likeness (QED) is 0.513. The second-order valence-corrected chi connectivity index (χ2v) is 5.59. The third-order valence-corrected chi connectivity index (χ3v) is 3.96. The van der Waals surface area contributed by atoms with Crippen molar-refractivity contribution in [3.63, 3.8) is 0 Å². The van der Waals surface area contributed by atoms with Crippen molar-refractivity contribution >= 4 is 5.91 Å². The molecule has 1 aliphatic carbocycles. The van der Waals surface area contributed by atoms with Gasteiger partial charge in [-0.15, -0.1) is 0 Å². The van der Waals surface area contributed by atoms with Crippen LogP contribution in [0.5, 0.6) is 0 Å². The molecule has 0 spiro atoms. The van der Waals surface area contributed by atoms with Crippen LogP contribution in [-0.2, 0) is 4.79 Å². The highest BCUT2D eigenvalue weighted by Gasteiger charge is 2.28. The van der Waals surface area contributed by atoms with Gasteiger partial charge in [-0.05, 0) is 19.8 Å². The summed E-state index contributed by atoms with van der Waals surface area (Å²) in [5, 5.41) is 19.5. The molecule has 0 bridgehead atoms. The van der Waals surface area contributed by atoms with Crippen LogP contribution in [-0.4, -0.2) is 48.3 Å². The molecule has 4 unspecified atom stereocenters. The number of carbonyl (C=O) groups is 1. The van der Waals surface area contributed by atoms with Gasteiger partial charge in [0.05, 0.1) is 18.2 Å². The fourth-order valence-corrected chi connectivity index (χ4v) is 2.71. The molecular weight excluding hydrogens is 230 g/mol. The summed E-state index contributed by atoms with van der Waals surface area (Å²) in [6.07, 6.45) is 4.63. The third-order valence-electron chi connectivity index (χ3n) is 3.96. The van der Waals surface area contributed by atoms with Crippen LogP contribution in [0.2, 0.25) is 0 Å². The van der Waals surface area contributed by atoms with Gasteiger partial charge in [0.15, 0.2) is 0 Å². The first-order valence-corrected chi connectivity index (χ1v) is 7.12. The lowest BCUT2D eigenvalue weighted by Gasteiger charge is -2.30. The van der Waals surface area contributed by atoms with Crippen LogP contribution in [0.15, 0.2) is 0 Å². The van der Waals surface area contributed by atoms with E-state index in [0.29, 0.717) is 12.6 Å². The lowest BCUT2D eigenvalue weighted by Crippen LogP contribution is -2.60. The van der Waals surface area contributed by atoms with Crippen LogP contribution in [0.3, 0.4) is 0 Å². The number of aliphatic hydroxyl groups is 1. The average Bonchev–Trinajstić information content (AvgIpc) is 2.56. The molecule has 5 nitrogen and oxygen atoms in total. The minimum atomic E-state index is -0.382. The van der Waals surface area contributed by atoms with Gasteiger partial charge in [-0.2, -0.15) is 0 Å². The Morgan fingerprint density at radius 3 is 2.67 bits per heavy atom. The largest absolute Gasteiger partial charge is 0.391 e. The lowest BCUT2D eigenvalue weighted by molar-refractivity contribution is -0.125. The molecule has 4 N–H and O–H groups in total. The van der Waals surface area contributed by atoms with E-state index in [1.807, 2.05) is 0 Å². The van der Waals surface area contributed by atoms with Gasteiger partial charge in [0.2, 0.25) is 5.91 Å². The summed E-state index contributed by atoms with van der Waals surface area (Å²) in [4.78, 5) is 12.1. The molecule has 2 fully saturated rings. The summed E-state index contributed by atoms with van der Waals surface area (Å²) in [6, 6.07) is 0.176. The highest BCUT2D eigenvalue weighted by atomic mass is 16.3. The number of nitrogens with one attached hydrogen (secondary N) is 3. The predicted molar refractivity (Wildman–Crippen MR) is 70.3 cm³/mol. The van der Waals surface area contributed by atoms with Crippen molar-refractivity contribution in [2.24, 2.45) is 0 Å². The Balaban J connectivity index is 1.82. The van der Waals surface area contributed by atoms with Gasteiger partial charge in [0, 0.05) is 19.1 Å². The van der Waals surface area contributed by atoms with Gasteiger partial charge in [0.1, 0.15) is 0 Å². The molecular formula is C13H25N3O2. The van der Waals surface area contributed by atoms with E-state index in [1.165, 1.54) is 0 Å². The van der Waals surface area contributed by atoms with Gasteiger partial charge in [-0.1, -0.05) is 19.3 Å². The lowest BCUT2D eigenvalue weighted by atomic mass is 10.0. The Morgan fingerprint density at radius 2 is 1.94 bits per heavy atom. The number of piperazine rings is 1. The Morgan fingerprint density at radius 1 is 1.17 bits per heavy atom. The van der Waals surface area contributed by atoms with E-state index in [0.717, 1.165) is 38.6 Å². The van der Waals surface area contributed by atoms with Crippen molar-refractivity contribution in [1.29, 1.82) is 0 Å². The molecule has 1 heterocycles. The standard InChI is InChI=1S/C13H25N3O2/c1-9-7-15-11(8-14-9)13(18)16-10-5-3-2-4-6-12(10)17/h9-12,14-15,17H,2-8H2,1H3,(H,16,18). The molecule has 5 heteroatoms. The Labute approximate surface area is 109 Å². The van der Waals surface area contributed by atoms with Gasteiger partial charge >= 0.3 is 0 Å². The first-order valence-electron chi connectivity index (χ1n) is 7.12. The number of rotatable bonds is 2. The molecule has 0 radical (unpaired) electrons. The Hall–Kier alpha value is -0.650. The van der Waals surface area contributed by atoms with Gasteiger partial charge in [-0.3, -0.25) is 4.79 Å². The van der Waals surface area contributed by atoms with E-state index in [-0.39, 0.29) is 24.1 Å². The van der Waals surface area contributed by atoms with E-state index in [9.17, 15) is 9.90 Å². The number of hydrogen-bond acceptors (Lipinski definition) is 4. The molecule has 4 atom stereocenters. The summed E-state index contributed by atoms with van der Waals surface area (Å²) in [7, 11) is 0. The minimum absolute atomic E-state index is 0.0142. The van der Waals surface area contributed by atoms with Gasteiger partial charge in [0.25, 0.3) is 0 Å². The van der Waals surface area contributed by atoms with Gasteiger partial charge < -0.3 is 21.1 Å². The third kappa shape index (κ3) is 3.67. The van der Waals surface area contributed by atoms with E-state index in [4.69, 9.17) is 0 Å². The molecule has 18 heavy (non-hydrogen) atoms. The minimum Gasteiger partial charge on any atom is -0.391 e. The number of amides is 1. The molecule has 1 aliphatic heterocycles. The Bertz CT molecular complexity index is 277. The van der Waals surface area contributed by atoms with Crippen LogP contribution in [0.25, 0.3) is 0 Å². The smallest absolute Gasteiger partial charge is 0.238 e. The normalized spacial score (nSPS) is 37.9. The predicted octanol–water partition coefficient (Wildman–Crippen LogP) is -0.254. The zero-order chi connectivity index (χ0) is 13.0. The van der Waals surface area contributed by atoms with Crippen LogP contribution >= 0.6 is 0 Å². The topological polar surface area (TPSA) is 73.4 Å². The summed E-state index contributed by atoms with van der Waals surface area (Å²) >= 11 is 0. The van der Waals surface area contributed by atoms with E-state index >= 15 is 0 Å². The first kappa shape index (κ1) is 13.8. The number of hydrogen-bond donors (Lipinski definition) is 4. The molecule has 0 aromatic heterocycles. The van der Waals surface area contributed by atoms with Gasteiger partial charge in [-0.25, -0.2) is 0 Å². The molecule has 1 saturated carbocycles. The second kappa shape index (κ2) is 6.50. The molecule has 2 aliphatic rings. The van der Waals surface area contributed by atoms with Crippen LogP contribution in [0.1, 0.15) is 39.0 Å². The number of carbonyl (C=O) groups excluding carboxylic acids is 1. The maximum atomic E-state index is 12.1. The highest BCUT2D eigenvalue weighted by Crippen LogP contribution is 2.18. The van der Waals surface area contributed by atoms with Crippen molar-refractivity contribution in [1.82, 2.24) is 16.0 Å². The Kier molecular flexibility index (Phi) is 4.97. The fourth-order valence-electron chi connectivity index (χ4n) is 2.71. The summed E-state index contributed by atoms with van der Waals surface area (Å²) in [5.41, 5.74) is 0. The summed E-state index contributed by atoms with van der Waals surface area (Å²) in [5.74, 6) is 0.0142. The molecule has 1 saturated heterocycles. The van der Waals surface area contributed by atoms with E-state index in [2.05, 4.69) is 22.9 Å². The van der Waals surface area contributed by atoms with Crippen molar-refractivity contribution in [3.05, 3.63) is 0 Å². The van der Waals surface area contributed by atoms with Crippen molar-refractivity contribution in [3.8, 4) is 0 Å². The van der Waals surface area contributed by atoms with Crippen molar-refractivity contribution < 1.29 is 9.90 Å². The molecule has 104 valence electrons. The van der Waals surface area contributed by atoms with Crippen LogP contribution in [0.4, 0.5) is 0 Å². The average molecular weight is 255 g/mol. The van der Waals surface area contributed by atoms with E-state index in [1.54, 1.807) is 0 Å². The summed E-state index contributed by atoms with van der Waals surface area (Å²) in [6.45, 7) is 3.57. The van der Waals surface area contributed by atoms with Crippen molar-refractivity contribution in [2.75, 3.05) is 13.1 Å². The summed E-state index contributed by atoms with van der Waals surface area (Å²) < 4.78 is 0. The maximum absolute atomic E-state index is 12.1. The fraction of sp³-hybridized carbons (Fsp3) is 0.923. The molecule has 2 rings (SSSR count). The monoisotopic (exact) mass is 255 g/mol. The van der Waals surface area contributed by atoms with E-state index < -0.39 is 0 Å². The molecule has 0 aromatic rings. The molecule has 0 aromatic carbocycles. The number of aliphatic hydroxyl groups excluding tert-OH is 1. The van der Waals surface area contributed by atoms with Crippen molar-refractivity contribution in [2.45, 2.75) is 63.3 Å².